The van der Waals surface area contributed by atoms with Gasteiger partial charge in [-0.15, -0.1) is 0 Å². The Balaban J connectivity index is 1.65. The highest BCUT2D eigenvalue weighted by molar-refractivity contribution is 7.13. The van der Waals surface area contributed by atoms with Gasteiger partial charge in [-0.3, -0.25) is 14.4 Å². The van der Waals surface area contributed by atoms with Crippen LogP contribution in [0.4, 0.5) is 14.6 Å². The van der Waals surface area contributed by atoms with E-state index in [0.29, 0.717) is 21.3 Å². The number of carbonyl (C=O) groups is 3. The van der Waals surface area contributed by atoms with E-state index in [1.54, 1.807) is 13.8 Å². The summed E-state index contributed by atoms with van der Waals surface area (Å²) in [5, 5.41) is 5.87. The van der Waals surface area contributed by atoms with Crippen molar-refractivity contribution in [3.05, 3.63) is 94.2 Å². The number of Topliss-reactive ketones (excluding diaryl/α,β-unsaturated/α-hetero) is 1. The maximum absolute atomic E-state index is 14.4. The van der Waals surface area contributed by atoms with Crippen LogP contribution in [0.2, 0.25) is 5.02 Å². The summed E-state index contributed by atoms with van der Waals surface area (Å²) >= 11 is 7.51. The van der Waals surface area contributed by atoms with Crippen LogP contribution in [-0.4, -0.2) is 36.5 Å². The fraction of sp³-hybridized carbons (Fsp3) is 0.214. The number of oxazole rings is 1. The number of fused-ring (bicyclic) bond motifs is 1. The summed E-state index contributed by atoms with van der Waals surface area (Å²) in [6.07, 6.45) is 2.57. The quantitative estimate of drug-likeness (QED) is 0.224. The molecule has 42 heavy (non-hydrogen) atoms. The highest BCUT2D eigenvalue weighted by Crippen LogP contribution is 2.40. The van der Waals surface area contributed by atoms with Gasteiger partial charge in [0.1, 0.15) is 29.4 Å². The van der Waals surface area contributed by atoms with Gasteiger partial charge in [0.2, 0.25) is 5.82 Å². The Morgan fingerprint density at radius 1 is 1.10 bits per heavy atom. The van der Waals surface area contributed by atoms with Crippen LogP contribution >= 0.6 is 23.1 Å². The predicted octanol–water partition coefficient (Wildman–Crippen LogP) is 5.51. The van der Waals surface area contributed by atoms with Gasteiger partial charge >= 0.3 is 0 Å². The van der Waals surface area contributed by atoms with Crippen LogP contribution in [-0.2, 0) is 23.3 Å². The molecule has 3 aromatic heterocycles. The van der Waals surface area contributed by atoms with Crippen molar-refractivity contribution in [1.82, 2.24) is 24.2 Å². The summed E-state index contributed by atoms with van der Waals surface area (Å²) in [5.41, 5.74) is -0.294. The van der Waals surface area contributed by atoms with Crippen molar-refractivity contribution in [3.63, 3.8) is 0 Å². The number of ketones is 1. The Labute approximate surface area is 246 Å². The van der Waals surface area contributed by atoms with Gasteiger partial charge in [0, 0.05) is 15.8 Å². The van der Waals surface area contributed by atoms with Crippen molar-refractivity contribution < 1.29 is 27.6 Å². The lowest BCUT2D eigenvalue weighted by Crippen LogP contribution is -2.31. The Morgan fingerprint density at radius 2 is 1.83 bits per heavy atom. The SMILES string of the molecule is CC(=O)Cn1c(C(=O)NCc2cocn2)nc(NC(=O)c2nsc3ccc(F)cc23)c1C(C)(C)c1cc(F)ccc1Cl. The second-order valence-electron chi connectivity index (χ2n) is 9.96. The van der Waals surface area contributed by atoms with E-state index in [9.17, 15) is 23.2 Å². The van der Waals surface area contributed by atoms with Crippen LogP contribution in [0.5, 0.6) is 0 Å². The molecule has 2 amide bonds. The van der Waals surface area contributed by atoms with Gasteiger partial charge in [-0.2, -0.15) is 4.37 Å². The third kappa shape index (κ3) is 5.65. The maximum Gasteiger partial charge on any atom is 0.287 e. The third-order valence-corrected chi connectivity index (χ3v) is 7.69. The topological polar surface area (TPSA) is 132 Å². The first-order chi connectivity index (χ1) is 20.0. The molecule has 216 valence electrons. The summed E-state index contributed by atoms with van der Waals surface area (Å²) < 4.78 is 39.5. The lowest BCUT2D eigenvalue weighted by Gasteiger charge is -2.29. The van der Waals surface area contributed by atoms with E-state index in [0.717, 1.165) is 11.5 Å². The second-order valence-corrected chi connectivity index (χ2v) is 11.2. The van der Waals surface area contributed by atoms with E-state index in [1.807, 2.05) is 0 Å². The molecule has 0 aliphatic carbocycles. The predicted molar refractivity (Wildman–Crippen MR) is 152 cm³/mol. The molecule has 0 aliphatic rings. The summed E-state index contributed by atoms with van der Waals surface area (Å²) in [7, 11) is 0. The smallest absolute Gasteiger partial charge is 0.287 e. The highest BCUT2D eigenvalue weighted by atomic mass is 35.5. The molecule has 14 heteroatoms. The van der Waals surface area contributed by atoms with Gasteiger partial charge in [0.15, 0.2) is 12.2 Å². The van der Waals surface area contributed by atoms with Gasteiger partial charge in [0.05, 0.1) is 29.2 Å². The number of rotatable bonds is 9. The zero-order valence-electron chi connectivity index (χ0n) is 22.5. The molecule has 0 radical (unpaired) electrons. The molecule has 2 aromatic carbocycles. The molecule has 0 atom stereocenters. The molecule has 10 nitrogen and oxygen atoms in total. The van der Waals surface area contributed by atoms with Crippen LogP contribution in [0.15, 0.2) is 53.5 Å². The normalized spacial score (nSPS) is 11.6. The number of hydrogen-bond acceptors (Lipinski definition) is 8. The van der Waals surface area contributed by atoms with E-state index in [-0.39, 0.29) is 46.9 Å². The van der Waals surface area contributed by atoms with Gasteiger partial charge in [0.25, 0.3) is 11.8 Å². The molecule has 5 rings (SSSR count). The van der Waals surface area contributed by atoms with Crippen LogP contribution in [0.3, 0.4) is 0 Å². The molecule has 3 heterocycles. The number of benzene rings is 2. The first-order valence-electron chi connectivity index (χ1n) is 12.5. The van der Waals surface area contributed by atoms with Crippen molar-refractivity contribution in [2.24, 2.45) is 0 Å². The number of hydrogen-bond donors (Lipinski definition) is 2. The van der Waals surface area contributed by atoms with E-state index in [4.69, 9.17) is 16.0 Å². The van der Waals surface area contributed by atoms with E-state index < -0.39 is 28.9 Å². The van der Waals surface area contributed by atoms with Crippen molar-refractivity contribution in [3.8, 4) is 0 Å². The number of nitrogens with zero attached hydrogens (tertiary/aromatic N) is 4. The molecule has 0 spiro atoms. The Morgan fingerprint density at radius 3 is 2.55 bits per heavy atom. The van der Waals surface area contributed by atoms with Gasteiger partial charge in [-0.25, -0.2) is 18.7 Å². The average Bonchev–Trinajstić information content (AvgIpc) is 3.67. The summed E-state index contributed by atoms with van der Waals surface area (Å²) in [4.78, 5) is 47.8. The highest BCUT2D eigenvalue weighted by Gasteiger charge is 2.37. The lowest BCUT2D eigenvalue weighted by molar-refractivity contribution is -0.117. The molecule has 5 aromatic rings. The number of anilines is 1. The number of aromatic nitrogens is 4. The Hall–Kier alpha value is -4.49. The molecule has 0 bridgehead atoms. The van der Waals surface area contributed by atoms with Crippen molar-refractivity contribution in [2.75, 3.05) is 5.32 Å². The van der Waals surface area contributed by atoms with Gasteiger partial charge < -0.3 is 19.6 Å². The van der Waals surface area contributed by atoms with Gasteiger partial charge in [-0.05, 0) is 60.4 Å². The minimum Gasteiger partial charge on any atom is -0.451 e. The molecule has 2 N–H and O–H groups in total. The standard InChI is InChI=1S/C28H23ClF2N6O4S/c1-14(38)11-37-23(28(2,3)19-9-16(31)4-6-20(19)29)24(34-25(37)27(40)32-10-17-12-41-13-33-17)35-26(39)22-18-8-15(30)5-7-21(18)42-36-22/h4-9,12-13H,10-11H2,1-3H3,(H,32,40)(H,35,39). The Bertz CT molecular complexity index is 1830. The molecular formula is C28H23ClF2N6O4S. The van der Waals surface area contributed by atoms with Gasteiger partial charge in [-0.1, -0.05) is 25.4 Å². The van der Waals surface area contributed by atoms with Crippen LogP contribution in [0, 0.1) is 11.6 Å². The van der Waals surface area contributed by atoms with E-state index in [1.165, 1.54) is 60.5 Å². The summed E-state index contributed by atoms with van der Waals surface area (Å²) in [5.74, 6) is -3.12. The molecule has 0 unspecified atom stereocenters. The van der Waals surface area contributed by atoms with Crippen molar-refractivity contribution in [1.29, 1.82) is 0 Å². The van der Waals surface area contributed by atoms with Crippen molar-refractivity contribution >= 4 is 56.6 Å². The summed E-state index contributed by atoms with van der Waals surface area (Å²) in [6, 6.07) is 7.80. The number of imidazole rings is 1. The lowest BCUT2D eigenvalue weighted by atomic mass is 9.80. The van der Waals surface area contributed by atoms with E-state index >= 15 is 0 Å². The third-order valence-electron chi connectivity index (χ3n) is 6.54. The van der Waals surface area contributed by atoms with Crippen LogP contribution in [0.1, 0.15) is 58.8 Å². The monoisotopic (exact) mass is 612 g/mol. The first kappa shape index (κ1) is 29.0. The second kappa shape index (κ2) is 11.4. The fourth-order valence-corrected chi connectivity index (χ4v) is 5.75. The zero-order valence-corrected chi connectivity index (χ0v) is 24.1. The van der Waals surface area contributed by atoms with Crippen LogP contribution in [0.25, 0.3) is 10.1 Å². The molecule has 0 saturated carbocycles. The zero-order chi connectivity index (χ0) is 30.2. The van der Waals surface area contributed by atoms with Crippen LogP contribution < -0.4 is 10.6 Å². The fourth-order valence-electron chi connectivity index (χ4n) is 4.64. The molecule has 0 aliphatic heterocycles. The largest absolute Gasteiger partial charge is 0.451 e. The number of amides is 2. The van der Waals surface area contributed by atoms with Crippen molar-refractivity contribution in [2.45, 2.75) is 39.3 Å². The first-order valence-corrected chi connectivity index (χ1v) is 13.7. The molecule has 0 fully saturated rings. The Kier molecular flexibility index (Phi) is 7.89. The minimum absolute atomic E-state index is 0.00517. The molecular weight excluding hydrogens is 590 g/mol. The number of carbonyl (C=O) groups excluding carboxylic acids is 3. The minimum atomic E-state index is -1.20. The molecule has 0 saturated heterocycles. The number of halogens is 3. The maximum atomic E-state index is 14.4. The number of nitrogens with one attached hydrogen (secondary N) is 2. The van der Waals surface area contributed by atoms with E-state index in [2.05, 4.69) is 25.0 Å². The summed E-state index contributed by atoms with van der Waals surface area (Å²) in [6.45, 7) is 4.42. The average molecular weight is 613 g/mol.